The first-order chi connectivity index (χ1) is 10.1. The lowest BCUT2D eigenvalue weighted by Crippen LogP contribution is -2.39. The topological polar surface area (TPSA) is 36.1 Å². The first-order valence-electron chi connectivity index (χ1n) is 7.06. The van der Waals surface area contributed by atoms with Crippen molar-refractivity contribution in [2.75, 3.05) is 12.0 Å². The highest BCUT2D eigenvalue weighted by atomic mass is 32.1. The van der Waals surface area contributed by atoms with Crippen molar-refractivity contribution < 1.29 is 0 Å². The van der Waals surface area contributed by atoms with Crippen molar-refractivity contribution >= 4 is 23.0 Å². The van der Waals surface area contributed by atoms with Gasteiger partial charge in [0.1, 0.15) is 0 Å². The molecule has 0 atom stereocenters. The van der Waals surface area contributed by atoms with Crippen molar-refractivity contribution in [3.8, 4) is 0 Å². The fourth-order valence-corrected chi connectivity index (χ4v) is 2.24. The van der Waals surface area contributed by atoms with E-state index in [1.807, 2.05) is 24.3 Å². The van der Waals surface area contributed by atoms with Crippen molar-refractivity contribution in [3.63, 3.8) is 0 Å². The van der Waals surface area contributed by atoms with Gasteiger partial charge in [-0.3, -0.25) is 10.9 Å². The second kappa shape index (κ2) is 7.64. The number of hydrogen-bond acceptors (Lipinski definition) is 2. The van der Waals surface area contributed by atoms with Gasteiger partial charge in [0.05, 0.1) is 5.69 Å². The molecule has 110 valence electrons. The first kappa shape index (κ1) is 15.3. The van der Waals surface area contributed by atoms with Crippen molar-refractivity contribution in [2.45, 2.75) is 20.3 Å². The summed E-state index contributed by atoms with van der Waals surface area (Å²) < 4.78 is 0. The number of rotatable bonds is 5. The van der Waals surface area contributed by atoms with Crippen LogP contribution >= 0.6 is 12.2 Å². The zero-order valence-corrected chi connectivity index (χ0v) is 13.3. The monoisotopic (exact) mass is 299 g/mol. The van der Waals surface area contributed by atoms with E-state index in [1.54, 1.807) is 0 Å². The molecule has 4 heteroatoms. The molecule has 2 aromatic carbocycles. The molecule has 0 saturated heterocycles. The van der Waals surface area contributed by atoms with Crippen molar-refractivity contribution in [3.05, 3.63) is 65.2 Å². The van der Waals surface area contributed by atoms with Gasteiger partial charge in [-0.05, 0) is 49.7 Å². The average Bonchev–Trinajstić information content (AvgIpc) is 2.47. The normalized spacial score (nSPS) is 10.0. The van der Waals surface area contributed by atoms with E-state index >= 15 is 0 Å². The Bertz CT molecular complexity index is 596. The maximum absolute atomic E-state index is 5.25. The van der Waals surface area contributed by atoms with E-state index in [4.69, 9.17) is 12.2 Å². The highest BCUT2D eigenvalue weighted by Crippen LogP contribution is 2.14. The first-order valence-corrected chi connectivity index (χ1v) is 7.47. The van der Waals surface area contributed by atoms with Crippen LogP contribution in [0.4, 0.5) is 5.69 Å². The summed E-state index contributed by atoms with van der Waals surface area (Å²) in [5.41, 5.74) is 10.9. The maximum atomic E-state index is 5.25. The number of benzene rings is 2. The molecule has 0 aliphatic carbocycles. The van der Waals surface area contributed by atoms with E-state index in [-0.39, 0.29) is 0 Å². The zero-order valence-electron chi connectivity index (χ0n) is 12.4. The van der Waals surface area contributed by atoms with Crippen LogP contribution < -0.4 is 16.2 Å². The smallest absolute Gasteiger partial charge is 0.185 e. The van der Waals surface area contributed by atoms with Crippen LogP contribution in [0.25, 0.3) is 0 Å². The second-order valence-corrected chi connectivity index (χ2v) is 5.47. The molecule has 2 rings (SSSR count). The number of aryl methyl sites for hydroxylation is 2. The lowest BCUT2D eigenvalue weighted by Gasteiger charge is -2.14. The number of hydrazine groups is 1. The molecule has 0 spiro atoms. The molecule has 0 saturated carbocycles. The van der Waals surface area contributed by atoms with Crippen LogP contribution in [0.1, 0.15) is 16.7 Å². The third-order valence-electron chi connectivity index (χ3n) is 3.23. The zero-order chi connectivity index (χ0) is 15.1. The van der Waals surface area contributed by atoms with Crippen LogP contribution in [0.3, 0.4) is 0 Å². The molecule has 3 nitrogen and oxygen atoms in total. The summed E-state index contributed by atoms with van der Waals surface area (Å²) in [5, 5.41) is 3.79. The van der Waals surface area contributed by atoms with Crippen LogP contribution in [-0.2, 0) is 6.42 Å². The minimum absolute atomic E-state index is 0.603. The summed E-state index contributed by atoms with van der Waals surface area (Å²) in [7, 11) is 0. The lowest BCUT2D eigenvalue weighted by molar-refractivity contribution is 0.848. The molecule has 0 fully saturated rings. The summed E-state index contributed by atoms with van der Waals surface area (Å²) in [5.74, 6) is 0. The summed E-state index contributed by atoms with van der Waals surface area (Å²) in [4.78, 5) is 0. The average molecular weight is 299 g/mol. The predicted molar refractivity (Wildman–Crippen MR) is 93.4 cm³/mol. The van der Waals surface area contributed by atoms with Gasteiger partial charge in [0.2, 0.25) is 0 Å². The van der Waals surface area contributed by atoms with E-state index in [1.165, 1.54) is 16.7 Å². The molecule has 2 aromatic rings. The Balaban J connectivity index is 1.72. The van der Waals surface area contributed by atoms with Crippen LogP contribution in [0, 0.1) is 13.8 Å². The summed E-state index contributed by atoms with van der Waals surface area (Å²) in [6.45, 7) is 4.97. The Hall–Kier alpha value is -2.07. The molecule has 0 bridgehead atoms. The molecule has 21 heavy (non-hydrogen) atoms. The van der Waals surface area contributed by atoms with Gasteiger partial charge < -0.3 is 5.32 Å². The van der Waals surface area contributed by atoms with Crippen LogP contribution in [0.2, 0.25) is 0 Å². The van der Waals surface area contributed by atoms with Crippen molar-refractivity contribution in [1.82, 2.24) is 10.7 Å². The maximum Gasteiger partial charge on any atom is 0.185 e. The largest absolute Gasteiger partial charge is 0.361 e. The number of anilines is 1. The Morgan fingerprint density at radius 3 is 2.52 bits per heavy atom. The molecule has 3 N–H and O–H groups in total. The van der Waals surface area contributed by atoms with Gasteiger partial charge >= 0.3 is 0 Å². The summed E-state index contributed by atoms with van der Waals surface area (Å²) in [6.07, 6.45) is 0.951. The third-order valence-corrected chi connectivity index (χ3v) is 3.48. The number of nitrogens with one attached hydrogen (secondary N) is 3. The van der Waals surface area contributed by atoms with Gasteiger partial charge in [0.25, 0.3) is 0 Å². The van der Waals surface area contributed by atoms with E-state index in [0.29, 0.717) is 5.11 Å². The molecule has 0 amide bonds. The highest BCUT2D eigenvalue weighted by Gasteiger charge is 1.99. The Kier molecular flexibility index (Phi) is 5.58. The predicted octanol–water partition coefficient (Wildman–Crippen LogP) is 3.34. The Morgan fingerprint density at radius 1 is 1.05 bits per heavy atom. The minimum Gasteiger partial charge on any atom is -0.361 e. The van der Waals surface area contributed by atoms with Crippen LogP contribution in [0.5, 0.6) is 0 Å². The fraction of sp³-hybridized carbons (Fsp3) is 0.235. The van der Waals surface area contributed by atoms with Gasteiger partial charge in [-0.15, -0.1) is 0 Å². The van der Waals surface area contributed by atoms with E-state index in [0.717, 1.165) is 18.7 Å². The molecule has 0 unspecified atom stereocenters. The molecule has 0 aliphatic rings. The lowest BCUT2D eigenvalue weighted by atomic mass is 10.1. The number of thiocarbonyl (C=S) groups is 1. The Morgan fingerprint density at radius 2 is 1.81 bits per heavy atom. The van der Waals surface area contributed by atoms with E-state index < -0.39 is 0 Å². The van der Waals surface area contributed by atoms with E-state index in [9.17, 15) is 0 Å². The third kappa shape index (κ3) is 5.08. The molecular weight excluding hydrogens is 278 g/mol. The Labute approximate surface area is 131 Å². The number of hydrogen-bond donors (Lipinski definition) is 3. The molecular formula is C17H21N3S. The summed E-state index contributed by atoms with van der Waals surface area (Å²) >= 11 is 5.25. The van der Waals surface area contributed by atoms with E-state index in [2.05, 4.69) is 54.3 Å². The fourth-order valence-electron chi connectivity index (χ4n) is 2.09. The highest BCUT2D eigenvalue weighted by molar-refractivity contribution is 7.80. The van der Waals surface area contributed by atoms with Crippen molar-refractivity contribution in [1.29, 1.82) is 0 Å². The van der Waals surface area contributed by atoms with Gasteiger partial charge in [-0.2, -0.15) is 0 Å². The molecule has 0 aliphatic heterocycles. The van der Waals surface area contributed by atoms with Crippen LogP contribution in [0.15, 0.2) is 48.5 Å². The standard InChI is InChI=1S/C17H21N3S/c1-13-8-9-16(14(2)12-13)19-20-17(21)18-11-10-15-6-4-3-5-7-15/h3-9,12,19H,10-11H2,1-2H3,(H2,18,20,21). The van der Waals surface area contributed by atoms with Gasteiger partial charge in [-0.25, -0.2) is 0 Å². The molecule has 0 radical (unpaired) electrons. The van der Waals surface area contributed by atoms with Crippen LogP contribution in [-0.4, -0.2) is 11.7 Å². The molecule has 0 heterocycles. The quantitative estimate of drug-likeness (QED) is 0.584. The second-order valence-electron chi connectivity index (χ2n) is 5.06. The van der Waals surface area contributed by atoms with Gasteiger partial charge in [0.15, 0.2) is 5.11 Å². The van der Waals surface area contributed by atoms with Gasteiger partial charge in [0, 0.05) is 6.54 Å². The minimum atomic E-state index is 0.603. The SMILES string of the molecule is Cc1ccc(NNC(=S)NCCc2ccccc2)c(C)c1. The summed E-state index contributed by atoms with van der Waals surface area (Å²) in [6, 6.07) is 16.6. The molecule has 0 aromatic heterocycles. The van der Waals surface area contributed by atoms with Gasteiger partial charge in [-0.1, -0.05) is 48.0 Å². The van der Waals surface area contributed by atoms with Crippen molar-refractivity contribution in [2.24, 2.45) is 0 Å².